The number of nitrogens with zero attached hydrogens (tertiary/aromatic N) is 1. The highest BCUT2D eigenvalue weighted by molar-refractivity contribution is 7.80. The molecule has 3 rings (SSSR count). The lowest BCUT2D eigenvalue weighted by molar-refractivity contribution is -0.0473. The molecule has 1 fully saturated rings. The number of morpholine rings is 1. The SMILES string of the molecule is CCOC(=O)c1cc(-c2ccccc2)sc1NC(=S)N1C[C@H](C)O[C@@H](C)C1. The monoisotopic (exact) mass is 404 g/mol. The molecule has 2 heterocycles. The Balaban J connectivity index is 1.85. The first-order valence-corrected chi connectivity index (χ1v) is 10.3. The van der Waals surface area contributed by atoms with Crippen LogP contribution in [-0.4, -0.2) is 47.9 Å². The number of rotatable bonds is 4. The van der Waals surface area contributed by atoms with E-state index in [1.165, 1.54) is 11.3 Å². The molecule has 0 radical (unpaired) electrons. The Morgan fingerprint density at radius 1 is 1.30 bits per heavy atom. The Morgan fingerprint density at radius 3 is 2.59 bits per heavy atom. The van der Waals surface area contributed by atoms with E-state index < -0.39 is 0 Å². The fraction of sp³-hybridized carbons (Fsp3) is 0.400. The molecular formula is C20H24N2O3S2. The smallest absolute Gasteiger partial charge is 0.341 e. The second-order valence-electron chi connectivity index (χ2n) is 6.53. The van der Waals surface area contributed by atoms with Crippen LogP contribution in [0.4, 0.5) is 5.00 Å². The maximum Gasteiger partial charge on any atom is 0.341 e. The average Bonchev–Trinajstić information content (AvgIpc) is 3.06. The van der Waals surface area contributed by atoms with E-state index in [9.17, 15) is 4.79 Å². The molecule has 2 atom stereocenters. The molecule has 0 spiro atoms. The van der Waals surface area contributed by atoms with Crippen molar-refractivity contribution >= 4 is 39.6 Å². The van der Waals surface area contributed by atoms with Crippen LogP contribution >= 0.6 is 23.6 Å². The van der Waals surface area contributed by atoms with Gasteiger partial charge in [-0.1, -0.05) is 30.3 Å². The minimum atomic E-state index is -0.343. The summed E-state index contributed by atoms with van der Waals surface area (Å²) in [5, 5.41) is 4.58. The summed E-state index contributed by atoms with van der Waals surface area (Å²) in [4.78, 5) is 15.5. The largest absolute Gasteiger partial charge is 0.462 e. The Labute approximate surface area is 169 Å². The van der Waals surface area contributed by atoms with Crippen molar-refractivity contribution in [3.8, 4) is 10.4 Å². The number of ether oxygens (including phenoxy) is 2. The van der Waals surface area contributed by atoms with E-state index in [1.807, 2.05) is 50.2 Å². The number of esters is 1. The summed E-state index contributed by atoms with van der Waals surface area (Å²) in [5.74, 6) is -0.343. The third-order valence-corrected chi connectivity index (χ3v) is 5.67. The predicted octanol–water partition coefficient (Wildman–Crippen LogP) is 4.40. The molecular weight excluding hydrogens is 380 g/mol. The van der Waals surface area contributed by atoms with Gasteiger partial charge in [0.1, 0.15) is 5.00 Å². The zero-order valence-corrected chi connectivity index (χ0v) is 17.4. The van der Waals surface area contributed by atoms with E-state index >= 15 is 0 Å². The van der Waals surface area contributed by atoms with Crippen LogP contribution in [-0.2, 0) is 9.47 Å². The van der Waals surface area contributed by atoms with Gasteiger partial charge in [0, 0.05) is 18.0 Å². The van der Waals surface area contributed by atoms with Crippen molar-refractivity contribution in [2.75, 3.05) is 25.0 Å². The lowest BCUT2D eigenvalue weighted by atomic mass is 10.1. The molecule has 0 bridgehead atoms. The number of hydrogen-bond donors (Lipinski definition) is 1. The molecule has 2 aromatic rings. The maximum absolute atomic E-state index is 12.4. The fourth-order valence-corrected chi connectivity index (χ4v) is 4.48. The van der Waals surface area contributed by atoms with E-state index in [-0.39, 0.29) is 18.2 Å². The topological polar surface area (TPSA) is 50.8 Å². The Morgan fingerprint density at radius 2 is 1.96 bits per heavy atom. The van der Waals surface area contributed by atoms with Gasteiger partial charge in [-0.15, -0.1) is 11.3 Å². The normalized spacial score (nSPS) is 19.6. The highest BCUT2D eigenvalue weighted by Gasteiger charge is 2.26. The van der Waals surface area contributed by atoms with Crippen LogP contribution in [0.5, 0.6) is 0 Å². The first-order valence-electron chi connectivity index (χ1n) is 9.05. The molecule has 1 aliphatic heterocycles. The first kappa shape index (κ1) is 19.8. The lowest BCUT2D eigenvalue weighted by Gasteiger charge is -2.36. The van der Waals surface area contributed by atoms with Crippen LogP contribution in [0, 0.1) is 0 Å². The molecule has 1 N–H and O–H groups in total. The van der Waals surface area contributed by atoms with Gasteiger partial charge in [0.25, 0.3) is 0 Å². The minimum absolute atomic E-state index is 0.112. The zero-order chi connectivity index (χ0) is 19.4. The number of anilines is 1. The van der Waals surface area contributed by atoms with Gasteiger partial charge in [0.05, 0.1) is 24.4 Å². The van der Waals surface area contributed by atoms with Crippen LogP contribution in [0.15, 0.2) is 36.4 Å². The van der Waals surface area contributed by atoms with E-state index in [2.05, 4.69) is 10.2 Å². The number of thiophene rings is 1. The summed E-state index contributed by atoms with van der Waals surface area (Å²) >= 11 is 7.12. The van der Waals surface area contributed by atoms with E-state index in [4.69, 9.17) is 21.7 Å². The Hall–Kier alpha value is -1.96. The number of nitrogens with one attached hydrogen (secondary N) is 1. The van der Waals surface area contributed by atoms with Crippen molar-refractivity contribution < 1.29 is 14.3 Å². The summed E-state index contributed by atoms with van der Waals surface area (Å²) in [6.45, 7) is 7.65. The third-order valence-electron chi connectivity index (χ3n) is 4.21. The van der Waals surface area contributed by atoms with Crippen molar-refractivity contribution in [1.82, 2.24) is 4.90 Å². The van der Waals surface area contributed by atoms with Gasteiger partial charge in [-0.2, -0.15) is 0 Å². The highest BCUT2D eigenvalue weighted by atomic mass is 32.1. The van der Waals surface area contributed by atoms with Crippen molar-refractivity contribution in [2.24, 2.45) is 0 Å². The van der Waals surface area contributed by atoms with Crippen LogP contribution < -0.4 is 5.32 Å². The second-order valence-corrected chi connectivity index (χ2v) is 7.97. The summed E-state index contributed by atoms with van der Waals surface area (Å²) in [5.41, 5.74) is 1.57. The molecule has 1 saturated heterocycles. The molecule has 0 aliphatic carbocycles. The number of hydrogen-bond acceptors (Lipinski definition) is 5. The molecule has 1 aromatic carbocycles. The molecule has 0 amide bonds. The highest BCUT2D eigenvalue weighted by Crippen LogP contribution is 2.36. The van der Waals surface area contributed by atoms with E-state index in [1.54, 1.807) is 6.92 Å². The van der Waals surface area contributed by atoms with Crippen LogP contribution in [0.1, 0.15) is 31.1 Å². The van der Waals surface area contributed by atoms with Crippen molar-refractivity contribution in [3.05, 3.63) is 42.0 Å². The van der Waals surface area contributed by atoms with Crippen LogP contribution in [0.3, 0.4) is 0 Å². The van der Waals surface area contributed by atoms with Crippen molar-refractivity contribution in [3.63, 3.8) is 0 Å². The van der Waals surface area contributed by atoms with Gasteiger partial charge in [0.15, 0.2) is 5.11 Å². The van der Waals surface area contributed by atoms with Gasteiger partial charge < -0.3 is 19.7 Å². The van der Waals surface area contributed by atoms with Crippen LogP contribution in [0.2, 0.25) is 0 Å². The Bertz CT molecular complexity index is 797. The van der Waals surface area contributed by atoms with Gasteiger partial charge in [0.2, 0.25) is 0 Å². The minimum Gasteiger partial charge on any atom is -0.462 e. The molecule has 27 heavy (non-hydrogen) atoms. The summed E-state index contributed by atoms with van der Waals surface area (Å²) < 4.78 is 11.0. The zero-order valence-electron chi connectivity index (χ0n) is 15.7. The van der Waals surface area contributed by atoms with Gasteiger partial charge in [-0.3, -0.25) is 0 Å². The quantitative estimate of drug-likeness (QED) is 0.602. The molecule has 0 unspecified atom stereocenters. The molecule has 1 aliphatic rings. The van der Waals surface area contributed by atoms with Gasteiger partial charge in [-0.05, 0) is 44.6 Å². The maximum atomic E-state index is 12.4. The summed E-state index contributed by atoms with van der Waals surface area (Å²) in [7, 11) is 0. The average molecular weight is 405 g/mol. The molecule has 0 saturated carbocycles. The second kappa shape index (κ2) is 8.82. The third kappa shape index (κ3) is 4.86. The molecule has 1 aromatic heterocycles. The molecule has 7 heteroatoms. The number of carbonyl (C=O) groups excluding carboxylic acids is 1. The van der Waals surface area contributed by atoms with E-state index in [0.717, 1.165) is 23.5 Å². The van der Waals surface area contributed by atoms with Crippen molar-refractivity contribution in [1.29, 1.82) is 0 Å². The lowest BCUT2D eigenvalue weighted by Crippen LogP contribution is -2.49. The first-order chi connectivity index (χ1) is 13.0. The number of benzene rings is 1. The summed E-state index contributed by atoms with van der Waals surface area (Å²) in [6, 6.07) is 11.8. The number of carbonyl (C=O) groups is 1. The van der Waals surface area contributed by atoms with Crippen molar-refractivity contribution in [2.45, 2.75) is 33.0 Å². The standard InChI is InChI=1S/C20H24N2O3S2/c1-4-24-19(23)16-10-17(15-8-6-5-7-9-15)27-18(16)21-20(26)22-11-13(2)25-14(3)12-22/h5-10,13-14H,4,11-12H2,1-3H3,(H,21,26)/t13-,14-/m0/s1. The predicted molar refractivity (Wildman–Crippen MR) is 114 cm³/mol. The molecule has 144 valence electrons. The van der Waals surface area contributed by atoms with Gasteiger partial charge in [-0.25, -0.2) is 4.79 Å². The Kier molecular flexibility index (Phi) is 6.46. The van der Waals surface area contributed by atoms with E-state index in [0.29, 0.717) is 22.3 Å². The summed E-state index contributed by atoms with van der Waals surface area (Å²) in [6.07, 6.45) is 0.225. The van der Waals surface area contributed by atoms with Crippen LogP contribution in [0.25, 0.3) is 10.4 Å². The fourth-order valence-electron chi connectivity index (χ4n) is 3.11. The molecule has 5 nitrogen and oxygen atoms in total. The van der Waals surface area contributed by atoms with Gasteiger partial charge >= 0.3 is 5.97 Å². The number of thiocarbonyl (C=S) groups is 1.